The predicted octanol–water partition coefficient (Wildman–Crippen LogP) is 2.50. The van der Waals surface area contributed by atoms with Gasteiger partial charge in [0.2, 0.25) is 0 Å². The highest BCUT2D eigenvalue weighted by molar-refractivity contribution is 14.1. The van der Waals surface area contributed by atoms with Crippen LogP contribution in [0.3, 0.4) is 0 Å². The van der Waals surface area contributed by atoms with E-state index in [1.807, 2.05) is 0 Å². The molecule has 64 valence electrons. The molecule has 2 rings (SSSR count). The fraction of sp³-hybridized carbons (Fsp3) is 0.400. The summed E-state index contributed by atoms with van der Waals surface area (Å²) in [5.41, 5.74) is 3.03. The Hall–Kier alpha value is -0.0900. The van der Waals surface area contributed by atoms with E-state index in [9.17, 15) is 0 Å². The van der Waals surface area contributed by atoms with Crippen molar-refractivity contribution in [1.29, 1.82) is 0 Å². The summed E-state index contributed by atoms with van der Waals surface area (Å²) in [6.45, 7) is 3.35. The Morgan fingerprint density at radius 2 is 2.33 bits per heavy atom. The van der Waals surface area contributed by atoms with Gasteiger partial charge in [0.05, 0.1) is 0 Å². The van der Waals surface area contributed by atoms with E-state index in [1.54, 1.807) is 5.56 Å². The van der Waals surface area contributed by atoms with Crippen LogP contribution in [0.4, 0.5) is 0 Å². The van der Waals surface area contributed by atoms with Gasteiger partial charge < -0.3 is 5.32 Å². The highest BCUT2D eigenvalue weighted by Gasteiger charge is 2.16. The first kappa shape index (κ1) is 8.51. The van der Waals surface area contributed by atoms with Crippen LogP contribution >= 0.6 is 22.6 Å². The van der Waals surface area contributed by atoms with Gasteiger partial charge in [-0.25, -0.2) is 0 Å². The monoisotopic (exact) mass is 273 g/mol. The molecular weight excluding hydrogens is 261 g/mol. The number of rotatable bonds is 0. The zero-order valence-corrected chi connectivity index (χ0v) is 9.26. The lowest BCUT2D eigenvalue weighted by Crippen LogP contribution is -2.28. The van der Waals surface area contributed by atoms with E-state index in [4.69, 9.17) is 0 Å². The van der Waals surface area contributed by atoms with E-state index in [0.29, 0.717) is 6.04 Å². The maximum Gasteiger partial charge on any atom is 0.0295 e. The predicted molar refractivity (Wildman–Crippen MR) is 59.3 cm³/mol. The molecule has 1 aromatic rings. The summed E-state index contributed by atoms with van der Waals surface area (Å²) in [5, 5.41) is 3.46. The molecular formula is C10H12IN. The van der Waals surface area contributed by atoms with Crippen molar-refractivity contribution in [3.63, 3.8) is 0 Å². The molecule has 0 amide bonds. The summed E-state index contributed by atoms with van der Waals surface area (Å²) in [5.74, 6) is 0. The molecule has 1 unspecified atom stereocenters. The maximum atomic E-state index is 3.46. The molecule has 1 atom stereocenters. The lowest BCUT2D eigenvalue weighted by Gasteiger charge is -2.24. The smallest absolute Gasteiger partial charge is 0.0295 e. The van der Waals surface area contributed by atoms with Crippen LogP contribution in [0.1, 0.15) is 24.1 Å². The van der Waals surface area contributed by atoms with Crippen LogP contribution in [0.5, 0.6) is 0 Å². The Bertz CT molecular complexity index is 296. The molecule has 2 heteroatoms. The van der Waals surface area contributed by atoms with E-state index >= 15 is 0 Å². The summed E-state index contributed by atoms with van der Waals surface area (Å²) in [6.07, 6.45) is 1.18. The van der Waals surface area contributed by atoms with Gasteiger partial charge in [0.25, 0.3) is 0 Å². The third-order valence-electron chi connectivity index (χ3n) is 2.45. The standard InChI is InChI=1S/C10H12IN/c1-7-8-3-2-4-10(11)9(8)5-6-12-7/h2-4,7,12H,5-6H2,1H3. The zero-order valence-electron chi connectivity index (χ0n) is 7.10. The molecule has 0 saturated carbocycles. The molecule has 0 bridgehead atoms. The van der Waals surface area contributed by atoms with Crippen molar-refractivity contribution in [2.75, 3.05) is 6.54 Å². The van der Waals surface area contributed by atoms with Gasteiger partial charge in [-0.05, 0) is 59.7 Å². The van der Waals surface area contributed by atoms with Crippen molar-refractivity contribution in [1.82, 2.24) is 5.32 Å². The second-order valence-corrected chi connectivity index (χ2v) is 4.40. The zero-order chi connectivity index (χ0) is 8.55. The first-order chi connectivity index (χ1) is 5.79. The van der Waals surface area contributed by atoms with E-state index in [2.05, 4.69) is 53.0 Å². The summed E-state index contributed by atoms with van der Waals surface area (Å²) in [4.78, 5) is 0. The minimum Gasteiger partial charge on any atom is -0.310 e. The molecule has 0 saturated heterocycles. The number of nitrogens with one attached hydrogen (secondary N) is 1. The molecule has 1 aromatic carbocycles. The fourth-order valence-corrected chi connectivity index (χ4v) is 2.56. The highest BCUT2D eigenvalue weighted by atomic mass is 127. The summed E-state index contributed by atoms with van der Waals surface area (Å²) in [6, 6.07) is 7.10. The molecule has 0 fully saturated rings. The van der Waals surface area contributed by atoms with Crippen LogP contribution in [0, 0.1) is 3.57 Å². The molecule has 1 nitrogen and oxygen atoms in total. The number of hydrogen-bond acceptors (Lipinski definition) is 1. The number of benzene rings is 1. The Kier molecular flexibility index (Phi) is 2.37. The van der Waals surface area contributed by atoms with Gasteiger partial charge in [0.15, 0.2) is 0 Å². The van der Waals surface area contributed by atoms with Crippen LogP contribution in [0.2, 0.25) is 0 Å². The van der Waals surface area contributed by atoms with Gasteiger partial charge >= 0.3 is 0 Å². The first-order valence-electron chi connectivity index (χ1n) is 4.29. The first-order valence-corrected chi connectivity index (χ1v) is 5.37. The van der Waals surface area contributed by atoms with Crippen molar-refractivity contribution < 1.29 is 0 Å². The molecule has 0 radical (unpaired) electrons. The van der Waals surface area contributed by atoms with Gasteiger partial charge in [-0.3, -0.25) is 0 Å². The van der Waals surface area contributed by atoms with Crippen LogP contribution < -0.4 is 5.32 Å². The van der Waals surface area contributed by atoms with Crippen molar-refractivity contribution >= 4 is 22.6 Å². The van der Waals surface area contributed by atoms with Gasteiger partial charge in [0.1, 0.15) is 0 Å². The maximum absolute atomic E-state index is 3.46. The van der Waals surface area contributed by atoms with Crippen LogP contribution in [0.15, 0.2) is 18.2 Å². The molecule has 12 heavy (non-hydrogen) atoms. The second kappa shape index (κ2) is 3.34. The van der Waals surface area contributed by atoms with Crippen molar-refractivity contribution in [3.8, 4) is 0 Å². The number of fused-ring (bicyclic) bond motifs is 1. The average Bonchev–Trinajstić information content (AvgIpc) is 2.07. The highest BCUT2D eigenvalue weighted by Crippen LogP contribution is 2.25. The van der Waals surface area contributed by atoms with E-state index < -0.39 is 0 Å². The molecule has 1 aliphatic rings. The topological polar surface area (TPSA) is 12.0 Å². The number of hydrogen-bond donors (Lipinski definition) is 1. The third-order valence-corrected chi connectivity index (χ3v) is 3.46. The second-order valence-electron chi connectivity index (χ2n) is 3.23. The molecule has 1 heterocycles. The largest absolute Gasteiger partial charge is 0.310 e. The molecule has 1 aliphatic heterocycles. The van der Waals surface area contributed by atoms with E-state index in [1.165, 1.54) is 15.6 Å². The van der Waals surface area contributed by atoms with Crippen molar-refractivity contribution in [2.24, 2.45) is 0 Å². The molecule has 0 aliphatic carbocycles. The van der Waals surface area contributed by atoms with Crippen LogP contribution in [-0.4, -0.2) is 6.54 Å². The van der Waals surface area contributed by atoms with E-state index in [0.717, 1.165) is 6.54 Å². The Balaban J connectivity index is 2.52. The Morgan fingerprint density at radius 3 is 3.08 bits per heavy atom. The molecule has 0 spiro atoms. The summed E-state index contributed by atoms with van der Waals surface area (Å²) >= 11 is 2.43. The molecule has 1 N–H and O–H groups in total. The fourth-order valence-electron chi connectivity index (χ4n) is 1.77. The summed E-state index contributed by atoms with van der Waals surface area (Å²) < 4.78 is 1.42. The number of halogens is 1. The summed E-state index contributed by atoms with van der Waals surface area (Å²) in [7, 11) is 0. The third kappa shape index (κ3) is 1.38. The minimum absolute atomic E-state index is 0.531. The van der Waals surface area contributed by atoms with Gasteiger partial charge in [-0.2, -0.15) is 0 Å². The minimum atomic E-state index is 0.531. The Morgan fingerprint density at radius 1 is 1.50 bits per heavy atom. The van der Waals surface area contributed by atoms with Crippen LogP contribution in [0.25, 0.3) is 0 Å². The lowest BCUT2D eigenvalue weighted by molar-refractivity contribution is 0.539. The quantitative estimate of drug-likeness (QED) is 0.716. The average molecular weight is 273 g/mol. The van der Waals surface area contributed by atoms with Gasteiger partial charge in [-0.15, -0.1) is 0 Å². The van der Waals surface area contributed by atoms with E-state index in [-0.39, 0.29) is 0 Å². The van der Waals surface area contributed by atoms with Crippen molar-refractivity contribution in [3.05, 3.63) is 32.9 Å². The van der Waals surface area contributed by atoms with Gasteiger partial charge in [0, 0.05) is 9.61 Å². The van der Waals surface area contributed by atoms with Gasteiger partial charge in [-0.1, -0.05) is 12.1 Å². The normalized spacial score (nSPS) is 22.0. The molecule has 0 aromatic heterocycles. The Labute approximate surface area is 86.7 Å². The van der Waals surface area contributed by atoms with Crippen molar-refractivity contribution in [2.45, 2.75) is 19.4 Å². The SMILES string of the molecule is CC1NCCc2c(I)cccc21. The lowest BCUT2D eigenvalue weighted by atomic mass is 9.96. The van der Waals surface area contributed by atoms with Crippen LogP contribution in [-0.2, 0) is 6.42 Å².